The molecule has 24 heavy (non-hydrogen) atoms. The van der Waals surface area contributed by atoms with Crippen LogP contribution in [0.25, 0.3) is 27.5 Å². The minimum atomic E-state index is -0.366. The number of non-ortho nitro benzene ring substituents is 1. The van der Waals surface area contributed by atoms with E-state index in [1.54, 1.807) is 23.1 Å². The third kappa shape index (κ3) is 2.43. The van der Waals surface area contributed by atoms with Gasteiger partial charge in [-0.15, -0.1) is 4.68 Å². The topological polar surface area (TPSA) is 65.1 Å². The van der Waals surface area contributed by atoms with Crippen molar-refractivity contribution in [3.8, 4) is 11.1 Å². The number of nitro benzene ring substituents is 1. The molecule has 6 nitrogen and oxygen atoms in total. The third-order valence-corrected chi connectivity index (χ3v) is 3.98. The lowest BCUT2D eigenvalue weighted by Gasteiger charge is -2.07. The zero-order valence-electron chi connectivity index (χ0n) is 12.8. The van der Waals surface area contributed by atoms with E-state index in [4.69, 9.17) is 0 Å². The molecule has 7 heteroatoms. The quantitative estimate of drug-likeness (QED) is 0.275. The van der Waals surface area contributed by atoms with Gasteiger partial charge < -0.3 is 17.0 Å². The molecule has 2 heterocycles. The monoisotopic (exact) mass is 384 g/mol. The molecule has 0 aliphatic carbocycles. The summed E-state index contributed by atoms with van der Waals surface area (Å²) in [4.78, 5) is 10.8. The van der Waals surface area contributed by atoms with Crippen molar-refractivity contribution in [1.29, 1.82) is 0 Å². The van der Waals surface area contributed by atoms with Gasteiger partial charge in [0.25, 0.3) is 17.7 Å². The zero-order valence-corrected chi connectivity index (χ0v) is 14.3. The van der Waals surface area contributed by atoms with Crippen molar-refractivity contribution in [2.45, 2.75) is 0 Å². The van der Waals surface area contributed by atoms with Crippen LogP contribution in [0.15, 0.2) is 61.1 Å². The summed E-state index contributed by atoms with van der Waals surface area (Å²) in [6, 6.07) is 14.8. The Morgan fingerprint density at radius 3 is 2.62 bits per heavy atom. The summed E-state index contributed by atoms with van der Waals surface area (Å²) in [6.07, 6.45) is 3.68. The molecular formula is C17H13BrN4O2. The first-order valence-electron chi connectivity index (χ1n) is 7.15. The number of hydrogen-bond acceptors (Lipinski definition) is 3. The molecule has 0 radical (unpaired) electrons. The molecule has 120 valence electrons. The Hall–Kier alpha value is -2.80. The van der Waals surface area contributed by atoms with Crippen molar-refractivity contribution >= 4 is 22.1 Å². The van der Waals surface area contributed by atoms with E-state index in [-0.39, 0.29) is 27.6 Å². The van der Waals surface area contributed by atoms with Gasteiger partial charge in [-0.25, -0.2) is 4.40 Å². The first-order chi connectivity index (χ1) is 11.1. The number of aryl methyl sites for hydroxylation is 1. The van der Waals surface area contributed by atoms with E-state index in [1.165, 1.54) is 6.07 Å². The number of fused-ring (bicyclic) bond motifs is 2. The molecule has 0 saturated heterocycles. The van der Waals surface area contributed by atoms with Crippen molar-refractivity contribution in [1.82, 2.24) is 9.78 Å². The number of pyridine rings is 1. The van der Waals surface area contributed by atoms with Crippen LogP contribution in [0, 0.1) is 10.1 Å². The third-order valence-electron chi connectivity index (χ3n) is 3.98. The molecule has 0 atom stereocenters. The molecule has 2 aromatic carbocycles. The van der Waals surface area contributed by atoms with Crippen molar-refractivity contribution in [3.05, 3.63) is 71.2 Å². The first-order valence-corrected chi connectivity index (χ1v) is 7.15. The molecule has 0 spiro atoms. The molecule has 0 N–H and O–H groups in total. The fourth-order valence-electron chi connectivity index (χ4n) is 2.94. The highest BCUT2D eigenvalue weighted by atomic mass is 79.9. The number of halogens is 1. The van der Waals surface area contributed by atoms with Crippen LogP contribution in [0.5, 0.6) is 0 Å². The summed E-state index contributed by atoms with van der Waals surface area (Å²) in [7, 11) is 1.87. The molecule has 4 aromatic rings. The normalized spacial score (nSPS) is 10.7. The van der Waals surface area contributed by atoms with Crippen LogP contribution in [0.3, 0.4) is 0 Å². The first kappa shape index (κ1) is 16.1. The molecule has 0 aliphatic rings. The Bertz CT molecular complexity index is 1060. The molecule has 0 bridgehead atoms. The van der Waals surface area contributed by atoms with E-state index < -0.39 is 0 Å². The van der Waals surface area contributed by atoms with Crippen molar-refractivity contribution in [2.24, 2.45) is 7.05 Å². The minimum Gasteiger partial charge on any atom is -1.00 e. The Morgan fingerprint density at radius 1 is 1.17 bits per heavy atom. The second-order valence-corrected chi connectivity index (χ2v) is 5.38. The number of nitrogens with zero attached hydrogens (tertiary/aromatic N) is 4. The summed E-state index contributed by atoms with van der Waals surface area (Å²) in [6.45, 7) is 0. The van der Waals surface area contributed by atoms with E-state index in [1.807, 2.05) is 48.0 Å². The lowest BCUT2D eigenvalue weighted by molar-refractivity contribution is -0.510. The Morgan fingerprint density at radius 2 is 1.92 bits per heavy atom. The lowest BCUT2D eigenvalue weighted by atomic mass is 9.99. The van der Waals surface area contributed by atoms with E-state index in [9.17, 15) is 10.1 Å². The molecule has 0 aliphatic heterocycles. The number of hydrogen-bond donors (Lipinski definition) is 0. The summed E-state index contributed by atoms with van der Waals surface area (Å²) in [5, 5.41) is 17.2. The zero-order chi connectivity index (χ0) is 16.0. The average Bonchev–Trinajstić information content (AvgIpc) is 2.94. The summed E-state index contributed by atoms with van der Waals surface area (Å²) in [5.41, 5.74) is 2.91. The Kier molecular flexibility index (Phi) is 4.02. The van der Waals surface area contributed by atoms with Crippen molar-refractivity contribution in [2.75, 3.05) is 0 Å². The van der Waals surface area contributed by atoms with Crippen LogP contribution in [-0.2, 0) is 7.05 Å². The number of rotatable bonds is 2. The highest BCUT2D eigenvalue weighted by Crippen LogP contribution is 2.32. The lowest BCUT2D eigenvalue weighted by Crippen LogP contribution is -3.00. The van der Waals surface area contributed by atoms with Gasteiger partial charge in [-0.1, -0.05) is 30.3 Å². The molecule has 0 unspecified atom stereocenters. The van der Waals surface area contributed by atoms with E-state index >= 15 is 0 Å². The van der Waals surface area contributed by atoms with Crippen molar-refractivity contribution in [3.63, 3.8) is 0 Å². The maximum absolute atomic E-state index is 11.2. The van der Waals surface area contributed by atoms with Gasteiger partial charge in [0.15, 0.2) is 0 Å². The fourth-order valence-corrected chi connectivity index (χ4v) is 2.94. The number of nitro groups is 1. The maximum Gasteiger partial charge on any atom is 0.272 e. The SMILES string of the molecule is Cn1nc[n+]2cc3ccc([N+](=O)[O-])cc3c(-c3ccccc3)c12.[Br-]. The Balaban J connectivity index is 0.00000169. The van der Waals surface area contributed by atoms with E-state index in [2.05, 4.69) is 5.10 Å². The van der Waals surface area contributed by atoms with Gasteiger partial charge in [-0.2, -0.15) is 0 Å². The van der Waals surface area contributed by atoms with E-state index in [0.717, 1.165) is 27.5 Å². The van der Waals surface area contributed by atoms with Crippen LogP contribution in [0.4, 0.5) is 5.69 Å². The van der Waals surface area contributed by atoms with Gasteiger partial charge in [0, 0.05) is 28.0 Å². The Labute approximate surface area is 147 Å². The molecular weight excluding hydrogens is 372 g/mol. The largest absolute Gasteiger partial charge is 1.00 e. The average molecular weight is 385 g/mol. The second kappa shape index (κ2) is 6.01. The summed E-state index contributed by atoms with van der Waals surface area (Å²) >= 11 is 0. The number of benzene rings is 2. The predicted molar refractivity (Wildman–Crippen MR) is 86.0 cm³/mol. The molecule has 0 fully saturated rings. The van der Waals surface area contributed by atoms with Crippen LogP contribution in [0.1, 0.15) is 0 Å². The van der Waals surface area contributed by atoms with Gasteiger partial charge in [-0.3, -0.25) is 10.1 Å². The standard InChI is InChI=1S/C17H13N4O2.BrH/c1-19-17-16(12-5-3-2-4-6-12)15-9-14(21(22)23)8-7-13(15)10-20(17)11-18-19;/h2-11H,1H3;1H/q+1;/p-1. The van der Waals surface area contributed by atoms with Gasteiger partial charge in [0.05, 0.1) is 23.7 Å². The van der Waals surface area contributed by atoms with E-state index in [0.29, 0.717) is 0 Å². The highest BCUT2D eigenvalue weighted by Gasteiger charge is 2.20. The minimum absolute atomic E-state index is 0. The van der Waals surface area contributed by atoms with Crippen LogP contribution in [0.2, 0.25) is 0 Å². The molecule has 4 rings (SSSR count). The number of aromatic nitrogens is 3. The molecule has 0 amide bonds. The van der Waals surface area contributed by atoms with Crippen LogP contribution in [-0.4, -0.2) is 14.7 Å². The predicted octanol–water partition coefficient (Wildman–Crippen LogP) is -0.109. The highest BCUT2D eigenvalue weighted by molar-refractivity contribution is 6.01. The van der Waals surface area contributed by atoms with Gasteiger partial charge in [0.1, 0.15) is 0 Å². The van der Waals surface area contributed by atoms with Crippen LogP contribution >= 0.6 is 0 Å². The van der Waals surface area contributed by atoms with Gasteiger partial charge in [0.2, 0.25) is 0 Å². The molecule has 2 aromatic heterocycles. The van der Waals surface area contributed by atoms with Gasteiger partial charge in [-0.05, 0) is 11.6 Å². The van der Waals surface area contributed by atoms with Gasteiger partial charge >= 0.3 is 0 Å². The smallest absolute Gasteiger partial charge is 0.272 e. The second-order valence-electron chi connectivity index (χ2n) is 5.38. The molecule has 0 saturated carbocycles. The maximum atomic E-state index is 11.2. The van der Waals surface area contributed by atoms with Crippen molar-refractivity contribution < 1.29 is 26.3 Å². The fraction of sp³-hybridized carbons (Fsp3) is 0.0588. The summed E-state index contributed by atoms with van der Waals surface area (Å²) < 4.78 is 3.72. The summed E-state index contributed by atoms with van der Waals surface area (Å²) in [5.74, 6) is 0. The van der Waals surface area contributed by atoms with Crippen LogP contribution < -0.4 is 21.4 Å².